The lowest BCUT2D eigenvalue weighted by atomic mass is 10.1. The predicted molar refractivity (Wildman–Crippen MR) is 77.2 cm³/mol. The van der Waals surface area contributed by atoms with E-state index in [2.05, 4.69) is 36.2 Å². The molecular weight excluding hydrogens is 272 g/mol. The first-order valence-electron chi connectivity index (χ1n) is 4.55. The molecule has 0 aromatic rings. The molecule has 0 heterocycles. The van der Waals surface area contributed by atoms with Gasteiger partial charge in [-0.05, 0) is 12.3 Å². The van der Waals surface area contributed by atoms with E-state index in [0.717, 1.165) is 12.3 Å². The first-order valence-corrected chi connectivity index (χ1v) is 9.88. The van der Waals surface area contributed by atoms with Gasteiger partial charge in [0.1, 0.15) is 0 Å². The summed E-state index contributed by atoms with van der Waals surface area (Å²) < 4.78 is 0. The van der Waals surface area contributed by atoms with Crippen LogP contribution in [0.4, 0.5) is 0 Å². The van der Waals surface area contributed by atoms with Gasteiger partial charge in [0.15, 0.2) is 0 Å². The van der Waals surface area contributed by atoms with Gasteiger partial charge in [0.05, 0.1) is 0 Å². The summed E-state index contributed by atoms with van der Waals surface area (Å²) in [5, 5.41) is 8.43. The van der Waals surface area contributed by atoms with Crippen LogP contribution in [0.1, 0.15) is 39.5 Å². The Morgan fingerprint density at radius 1 is 1.07 bits per heavy atom. The molecule has 6 heteroatoms. The van der Waals surface area contributed by atoms with Gasteiger partial charge in [0, 0.05) is 55.6 Å². The van der Waals surface area contributed by atoms with Crippen LogP contribution < -0.4 is 0 Å². The standard InChI is InChI=1S/C8H18O.S5/c1-8(2)6-4-3-5-7-9;1-3-5-4-2/h8-9H,3-7H2,1-2H3;. The Morgan fingerprint density at radius 2 is 1.64 bits per heavy atom. The molecule has 0 spiro atoms. The molecule has 0 saturated carbocycles. The van der Waals surface area contributed by atoms with Gasteiger partial charge in [0.2, 0.25) is 0 Å². The van der Waals surface area contributed by atoms with Crippen LogP contribution in [-0.2, 0) is 49.0 Å². The Kier molecular flexibility index (Phi) is 20.6. The highest BCUT2D eigenvalue weighted by atomic mass is 33.3. The van der Waals surface area contributed by atoms with Crippen molar-refractivity contribution in [3.05, 3.63) is 0 Å². The normalized spacial score (nSPS) is 8.86. The summed E-state index contributed by atoms with van der Waals surface area (Å²) in [6, 6.07) is 0. The molecule has 0 radical (unpaired) electrons. The van der Waals surface area contributed by atoms with Crippen molar-refractivity contribution < 1.29 is 5.11 Å². The van der Waals surface area contributed by atoms with E-state index < -0.39 is 0 Å². The minimum atomic E-state index is 0.359. The van der Waals surface area contributed by atoms with Gasteiger partial charge in [-0.1, -0.05) is 33.1 Å². The van der Waals surface area contributed by atoms with Crippen molar-refractivity contribution in [2.75, 3.05) is 6.61 Å². The van der Waals surface area contributed by atoms with Gasteiger partial charge in [-0.25, -0.2) is 0 Å². The van der Waals surface area contributed by atoms with Crippen molar-refractivity contribution in [2.45, 2.75) is 39.5 Å². The third-order valence-electron chi connectivity index (χ3n) is 1.50. The van der Waals surface area contributed by atoms with E-state index in [-0.39, 0.29) is 0 Å². The molecule has 14 heavy (non-hydrogen) atoms. The SMILES string of the molecule is CC(C)CCCCCO.S=S=S=S=S. The average Bonchev–Trinajstić information content (AvgIpc) is 2.15. The summed E-state index contributed by atoms with van der Waals surface area (Å²) in [6.45, 7) is 4.83. The minimum Gasteiger partial charge on any atom is -0.396 e. The molecule has 0 aromatic heterocycles. The fourth-order valence-corrected chi connectivity index (χ4v) is 3.60. The van der Waals surface area contributed by atoms with Crippen molar-refractivity contribution in [3.63, 3.8) is 0 Å². The van der Waals surface area contributed by atoms with E-state index in [1.807, 2.05) is 0 Å². The Hall–Kier alpha value is 1.06. The van der Waals surface area contributed by atoms with Gasteiger partial charge in [-0.15, -0.1) is 0 Å². The van der Waals surface area contributed by atoms with Gasteiger partial charge in [-0.3, -0.25) is 0 Å². The molecule has 1 N–H and O–H groups in total. The third kappa shape index (κ3) is 23.1. The lowest BCUT2D eigenvalue weighted by Gasteiger charge is -2.01. The molecule has 0 aliphatic rings. The number of hydrogen-bond donors (Lipinski definition) is 1. The monoisotopic (exact) mass is 290 g/mol. The molecule has 1 nitrogen and oxygen atoms in total. The molecule has 0 atom stereocenters. The second kappa shape index (κ2) is 16.5. The number of aliphatic hydroxyl groups is 1. The van der Waals surface area contributed by atoms with Crippen LogP contribution in [0.15, 0.2) is 0 Å². The smallest absolute Gasteiger partial charge is 0.0431 e. The summed E-state index contributed by atoms with van der Waals surface area (Å²) >= 11 is 8.89. The van der Waals surface area contributed by atoms with Crippen LogP contribution in [0.3, 0.4) is 0 Å². The zero-order chi connectivity index (χ0) is 11.2. The molecule has 0 amide bonds. The molecule has 0 aliphatic carbocycles. The molecule has 0 aliphatic heterocycles. The number of aliphatic hydroxyl groups excluding tert-OH is 1. The Labute approximate surface area is 106 Å². The maximum absolute atomic E-state index is 8.43. The molecule has 0 aromatic carbocycles. The fraction of sp³-hybridized carbons (Fsp3) is 1.00. The number of unbranched alkanes of at least 4 members (excludes halogenated alkanes) is 2. The zero-order valence-electron chi connectivity index (χ0n) is 8.60. The second-order valence-electron chi connectivity index (χ2n) is 3.17. The molecule has 0 rings (SSSR count). The molecule has 0 unspecified atom stereocenters. The molecule has 0 fully saturated rings. The van der Waals surface area contributed by atoms with E-state index in [9.17, 15) is 0 Å². The lowest BCUT2D eigenvalue weighted by molar-refractivity contribution is 0.281. The topological polar surface area (TPSA) is 20.2 Å². The van der Waals surface area contributed by atoms with Crippen LogP contribution in [0, 0.1) is 5.92 Å². The lowest BCUT2D eigenvalue weighted by Crippen LogP contribution is -1.88. The first-order chi connectivity index (χ1) is 6.68. The second-order valence-corrected chi connectivity index (χ2v) is 8.48. The van der Waals surface area contributed by atoms with Crippen LogP contribution in [0.2, 0.25) is 0 Å². The van der Waals surface area contributed by atoms with E-state index in [0.29, 0.717) is 6.61 Å². The highest BCUT2D eigenvalue weighted by Crippen LogP contribution is 2.06. The molecule has 0 saturated heterocycles. The quantitative estimate of drug-likeness (QED) is 0.784. The summed E-state index contributed by atoms with van der Waals surface area (Å²) in [7, 11) is 3.95. The highest BCUT2D eigenvalue weighted by Gasteiger charge is 1.92. The van der Waals surface area contributed by atoms with Crippen molar-refractivity contribution >= 4 is 49.0 Å². The summed E-state index contributed by atoms with van der Waals surface area (Å²) in [4.78, 5) is 0. The molecular formula is C8H18OS5. The van der Waals surface area contributed by atoms with Gasteiger partial charge < -0.3 is 5.11 Å². The fourth-order valence-electron chi connectivity index (χ4n) is 0.853. The van der Waals surface area contributed by atoms with Gasteiger partial charge in [0.25, 0.3) is 0 Å². The van der Waals surface area contributed by atoms with E-state index in [1.165, 1.54) is 45.9 Å². The zero-order valence-corrected chi connectivity index (χ0v) is 12.7. The minimum absolute atomic E-state index is 0.359. The summed E-state index contributed by atoms with van der Waals surface area (Å²) in [5.74, 6) is 0.823. The van der Waals surface area contributed by atoms with Crippen molar-refractivity contribution in [1.82, 2.24) is 0 Å². The van der Waals surface area contributed by atoms with Crippen molar-refractivity contribution in [3.8, 4) is 0 Å². The first kappa shape index (κ1) is 17.5. The Balaban J connectivity index is 0. The van der Waals surface area contributed by atoms with Crippen LogP contribution in [0.25, 0.3) is 0 Å². The molecule has 0 bridgehead atoms. The van der Waals surface area contributed by atoms with Crippen molar-refractivity contribution in [1.29, 1.82) is 0 Å². The largest absolute Gasteiger partial charge is 0.396 e. The average molecular weight is 291 g/mol. The third-order valence-corrected chi connectivity index (χ3v) is 5.94. The Bertz CT molecular complexity index is 200. The number of hydrogen-bond acceptors (Lipinski definition) is 3. The van der Waals surface area contributed by atoms with Gasteiger partial charge >= 0.3 is 0 Å². The molecule has 86 valence electrons. The van der Waals surface area contributed by atoms with Crippen molar-refractivity contribution in [2.24, 2.45) is 5.92 Å². The Morgan fingerprint density at radius 3 is 1.93 bits per heavy atom. The summed E-state index contributed by atoms with van der Waals surface area (Å²) in [5.41, 5.74) is 0. The predicted octanol–water partition coefficient (Wildman–Crippen LogP) is 2.18. The van der Waals surface area contributed by atoms with Crippen LogP contribution >= 0.6 is 0 Å². The van der Waals surface area contributed by atoms with E-state index in [4.69, 9.17) is 5.11 Å². The maximum Gasteiger partial charge on any atom is 0.0431 e. The van der Waals surface area contributed by atoms with E-state index >= 15 is 0 Å². The highest BCUT2D eigenvalue weighted by molar-refractivity contribution is 8.59. The maximum atomic E-state index is 8.43. The van der Waals surface area contributed by atoms with Crippen LogP contribution in [-0.4, -0.2) is 11.7 Å². The van der Waals surface area contributed by atoms with Gasteiger partial charge in [-0.2, -0.15) is 0 Å². The van der Waals surface area contributed by atoms with E-state index in [1.54, 1.807) is 0 Å². The van der Waals surface area contributed by atoms with Crippen LogP contribution in [0.5, 0.6) is 0 Å². The number of rotatable bonds is 5. The summed E-state index contributed by atoms with van der Waals surface area (Å²) in [6.07, 6.45) is 4.75.